The average molecular weight is 529 g/mol. The molecule has 0 saturated heterocycles. The molecule has 0 aromatic carbocycles. The number of hydrogen-bond donors (Lipinski definition) is 0. The van der Waals surface area contributed by atoms with Gasteiger partial charge in [0.1, 0.15) is 0 Å². The molecule has 0 N–H and O–H groups in total. The largest absolute Gasteiger partial charge is 0.469 e. The molecular formula is C33H56O3Si. The molecule has 0 spiro atoms. The van der Waals surface area contributed by atoms with Crippen LogP contribution in [-0.2, 0) is 14.0 Å². The van der Waals surface area contributed by atoms with Gasteiger partial charge in [0, 0.05) is 11.8 Å². The summed E-state index contributed by atoms with van der Waals surface area (Å²) in [6.07, 6.45) is 13.0. The highest BCUT2D eigenvalue weighted by atomic mass is 28.4. The Labute approximate surface area is 229 Å². The van der Waals surface area contributed by atoms with Crippen molar-refractivity contribution < 1.29 is 14.0 Å². The monoisotopic (exact) mass is 528 g/mol. The minimum absolute atomic E-state index is 0.0734. The van der Waals surface area contributed by atoms with Crippen LogP contribution in [0.4, 0.5) is 0 Å². The summed E-state index contributed by atoms with van der Waals surface area (Å²) >= 11 is 0. The van der Waals surface area contributed by atoms with E-state index in [2.05, 4.69) is 74.6 Å². The Morgan fingerprint density at radius 1 is 1.11 bits per heavy atom. The first-order valence-electron chi connectivity index (χ1n) is 15.2. The summed E-state index contributed by atoms with van der Waals surface area (Å²) in [5.74, 6) is 1.75. The summed E-state index contributed by atoms with van der Waals surface area (Å²) in [4.78, 5) is 11.8. The van der Waals surface area contributed by atoms with Gasteiger partial charge in [0.2, 0.25) is 0 Å². The van der Waals surface area contributed by atoms with E-state index in [1.54, 1.807) is 16.7 Å². The van der Waals surface area contributed by atoms with Gasteiger partial charge in [-0.1, -0.05) is 67.0 Å². The number of carbonyl (C=O) groups is 1. The summed E-state index contributed by atoms with van der Waals surface area (Å²) in [6.45, 7) is 24.6. The van der Waals surface area contributed by atoms with Crippen molar-refractivity contribution in [2.75, 3.05) is 7.11 Å². The lowest BCUT2D eigenvalue weighted by Crippen LogP contribution is -2.58. The maximum absolute atomic E-state index is 11.8. The lowest BCUT2D eigenvalue weighted by Gasteiger charge is -2.62. The summed E-state index contributed by atoms with van der Waals surface area (Å²) in [5.41, 5.74) is 5.84. The lowest BCUT2D eigenvalue weighted by molar-refractivity contribution is -0.141. The van der Waals surface area contributed by atoms with Gasteiger partial charge in [0.15, 0.2) is 8.32 Å². The van der Waals surface area contributed by atoms with Gasteiger partial charge in [-0.3, -0.25) is 4.79 Å². The van der Waals surface area contributed by atoms with E-state index in [0.29, 0.717) is 35.7 Å². The zero-order valence-corrected chi connectivity index (χ0v) is 27.0. The Balaban J connectivity index is 1.69. The number of rotatable bonds is 6. The molecule has 210 valence electrons. The van der Waals surface area contributed by atoms with Crippen LogP contribution in [0, 0.1) is 34.0 Å². The Kier molecular flexibility index (Phi) is 7.59. The molecule has 4 aliphatic carbocycles. The summed E-state index contributed by atoms with van der Waals surface area (Å²) in [5, 5.41) is 0.227. The van der Waals surface area contributed by atoms with Crippen LogP contribution in [0.2, 0.25) is 18.1 Å². The van der Waals surface area contributed by atoms with Crippen LogP contribution in [0.25, 0.3) is 0 Å². The third-order valence-electron chi connectivity index (χ3n) is 12.3. The topological polar surface area (TPSA) is 35.5 Å². The normalized spacial score (nSPS) is 36.3. The van der Waals surface area contributed by atoms with Crippen LogP contribution in [0.3, 0.4) is 0 Å². The second kappa shape index (κ2) is 9.65. The molecule has 0 aromatic rings. The molecule has 37 heavy (non-hydrogen) atoms. The molecule has 0 bridgehead atoms. The maximum atomic E-state index is 11.8. The van der Waals surface area contributed by atoms with E-state index in [9.17, 15) is 4.79 Å². The molecule has 3 nitrogen and oxygen atoms in total. The molecule has 0 heterocycles. The van der Waals surface area contributed by atoms with Gasteiger partial charge >= 0.3 is 5.97 Å². The fourth-order valence-electron chi connectivity index (χ4n) is 8.92. The lowest BCUT2D eigenvalue weighted by atomic mass is 9.46. The highest BCUT2D eigenvalue weighted by molar-refractivity contribution is 6.74. The molecule has 4 rings (SSSR count). The van der Waals surface area contributed by atoms with E-state index in [4.69, 9.17) is 9.16 Å². The Morgan fingerprint density at radius 3 is 2.41 bits per heavy atom. The molecule has 1 fully saturated rings. The fourth-order valence-corrected chi connectivity index (χ4v) is 10.4. The molecule has 0 aliphatic heterocycles. The standard InChI is InChI=1S/C33H56O3Si/c1-22(12-17-29(34)35-9)24-14-15-25-23-13-16-27-31(5,6)20-19-28(36-37(10,11)30(2,3)4)33(27,8)26(23)18-21-32(24,25)7/h15,22,24,27-28H,12-14,16-21H2,1-11H3/t22-,24-,27+,28?,32-,33-/m1/s1. The molecule has 1 unspecified atom stereocenters. The van der Waals surface area contributed by atoms with Crippen molar-refractivity contribution in [3.8, 4) is 0 Å². The van der Waals surface area contributed by atoms with Crippen molar-refractivity contribution in [1.29, 1.82) is 0 Å². The smallest absolute Gasteiger partial charge is 0.305 e. The van der Waals surface area contributed by atoms with E-state index in [-0.39, 0.29) is 21.8 Å². The van der Waals surface area contributed by atoms with E-state index < -0.39 is 8.32 Å². The predicted octanol–water partition coefficient (Wildman–Crippen LogP) is 9.25. The summed E-state index contributed by atoms with van der Waals surface area (Å²) in [7, 11) is -0.378. The zero-order valence-electron chi connectivity index (χ0n) is 26.0. The summed E-state index contributed by atoms with van der Waals surface area (Å²) < 4.78 is 12.3. The molecule has 0 amide bonds. The molecule has 6 atom stereocenters. The van der Waals surface area contributed by atoms with E-state index >= 15 is 0 Å². The van der Waals surface area contributed by atoms with E-state index in [1.165, 1.54) is 45.6 Å². The molecule has 4 aliphatic rings. The first-order valence-corrected chi connectivity index (χ1v) is 18.1. The second-order valence-corrected chi connectivity index (χ2v) is 20.5. The molecule has 0 radical (unpaired) electrons. The molecule has 0 aromatic heterocycles. The third kappa shape index (κ3) is 4.75. The van der Waals surface area contributed by atoms with Crippen molar-refractivity contribution in [2.24, 2.45) is 34.0 Å². The number of fused-ring (bicyclic) bond motifs is 4. The maximum Gasteiger partial charge on any atom is 0.305 e. The van der Waals surface area contributed by atoms with Crippen LogP contribution in [-0.4, -0.2) is 27.5 Å². The fraction of sp³-hybridized carbons (Fsp3) is 0.848. The Morgan fingerprint density at radius 2 is 1.78 bits per heavy atom. The minimum Gasteiger partial charge on any atom is -0.469 e. The molecular weight excluding hydrogens is 472 g/mol. The highest BCUT2D eigenvalue weighted by Gasteiger charge is 2.60. The van der Waals surface area contributed by atoms with Gasteiger partial charge < -0.3 is 9.16 Å². The van der Waals surface area contributed by atoms with Gasteiger partial charge in [-0.2, -0.15) is 0 Å². The van der Waals surface area contributed by atoms with Crippen molar-refractivity contribution in [3.63, 3.8) is 0 Å². The second-order valence-electron chi connectivity index (χ2n) is 15.7. The van der Waals surface area contributed by atoms with Crippen LogP contribution in [0.5, 0.6) is 0 Å². The zero-order chi connectivity index (χ0) is 27.6. The molecule has 1 saturated carbocycles. The van der Waals surface area contributed by atoms with Crippen LogP contribution >= 0.6 is 0 Å². The first-order chi connectivity index (χ1) is 17.0. The number of esters is 1. The SMILES string of the molecule is COC(=O)CC[C@@H](C)[C@H]1CC=C2C3=C(CC[C@@]21C)[C@@]1(C)C(O[Si](C)(C)C(C)(C)C)CCC(C)(C)[C@@H]1CC3. The average Bonchev–Trinajstić information content (AvgIpc) is 3.15. The number of carbonyl (C=O) groups excluding carboxylic acids is 1. The Bertz CT molecular complexity index is 967. The number of allylic oxidation sites excluding steroid dienone is 3. The number of methoxy groups -OCH3 is 1. The van der Waals surface area contributed by atoms with Gasteiger partial charge in [0.25, 0.3) is 0 Å². The van der Waals surface area contributed by atoms with Crippen molar-refractivity contribution >= 4 is 14.3 Å². The van der Waals surface area contributed by atoms with Crippen molar-refractivity contribution in [3.05, 3.63) is 22.8 Å². The van der Waals surface area contributed by atoms with E-state index in [1.807, 2.05) is 0 Å². The van der Waals surface area contributed by atoms with Crippen molar-refractivity contribution in [2.45, 2.75) is 137 Å². The van der Waals surface area contributed by atoms with Gasteiger partial charge in [-0.05, 0) is 109 Å². The number of ether oxygens (including phenoxy) is 1. The summed E-state index contributed by atoms with van der Waals surface area (Å²) in [6, 6.07) is 0. The van der Waals surface area contributed by atoms with Gasteiger partial charge in [0.05, 0.1) is 13.2 Å². The predicted molar refractivity (Wildman–Crippen MR) is 157 cm³/mol. The van der Waals surface area contributed by atoms with E-state index in [0.717, 1.165) is 12.8 Å². The van der Waals surface area contributed by atoms with Crippen molar-refractivity contribution in [1.82, 2.24) is 0 Å². The minimum atomic E-state index is -1.88. The molecule has 4 heteroatoms. The van der Waals surface area contributed by atoms with Crippen LogP contribution in [0.15, 0.2) is 22.8 Å². The van der Waals surface area contributed by atoms with Gasteiger partial charge in [-0.25, -0.2) is 0 Å². The van der Waals surface area contributed by atoms with Gasteiger partial charge in [-0.15, -0.1) is 0 Å². The quantitative estimate of drug-likeness (QED) is 0.254. The van der Waals surface area contributed by atoms with Crippen LogP contribution < -0.4 is 0 Å². The first kappa shape index (κ1) is 29.1. The third-order valence-corrected chi connectivity index (χ3v) is 16.8. The highest BCUT2D eigenvalue weighted by Crippen LogP contribution is 2.67. The Hall–Kier alpha value is -0.873. The van der Waals surface area contributed by atoms with Crippen LogP contribution in [0.1, 0.15) is 113 Å². The number of hydrogen-bond acceptors (Lipinski definition) is 3.